The van der Waals surface area contributed by atoms with Gasteiger partial charge < -0.3 is 58.8 Å². The molecule has 0 radical (unpaired) electrons. The lowest BCUT2D eigenvalue weighted by molar-refractivity contribution is -0.143. The highest BCUT2D eigenvalue weighted by atomic mass is 16.4. The van der Waals surface area contributed by atoms with Crippen molar-refractivity contribution in [2.75, 3.05) is 26.7 Å². The van der Waals surface area contributed by atoms with Gasteiger partial charge in [-0.1, -0.05) is 65.0 Å². The zero-order valence-corrected chi connectivity index (χ0v) is 35.2. The number of guanidine groups is 1. The first kappa shape index (κ1) is 47.9. The molecular formula is C41H65N11O7. The van der Waals surface area contributed by atoms with Crippen LogP contribution in [0.3, 0.4) is 0 Å². The molecule has 18 heteroatoms. The summed E-state index contributed by atoms with van der Waals surface area (Å²) in [5.41, 5.74) is 17.2. The monoisotopic (exact) mass is 824 g/mol. The van der Waals surface area contributed by atoms with Crippen molar-refractivity contribution in [2.45, 2.75) is 116 Å². The third kappa shape index (κ3) is 14.4. The molecule has 1 aliphatic heterocycles. The summed E-state index contributed by atoms with van der Waals surface area (Å²) < 4.78 is 0. The Bertz CT molecular complexity index is 1820. The number of nitrogens with zero attached hydrogens (tertiary/aromatic N) is 2. The number of hydrogen-bond acceptors (Lipinski definition) is 9. The smallest absolute Gasteiger partial charge is 0.326 e. The van der Waals surface area contributed by atoms with Crippen LogP contribution in [-0.2, 0) is 35.2 Å². The molecule has 0 bridgehead atoms. The molecule has 0 saturated heterocycles. The summed E-state index contributed by atoms with van der Waals surface area (Å²) in [6.07, 6.45) is 7.52. The number of hydrogen-bond donors (Lipinski definition) is 10. The highest BCUT2D eigenvalue weighted by molar-refractivity contribution is 5.98. The van der Waals surface area contributed by atoms with E-state index in [1.807, 2.05) is 38.1 Å². The third-order valence-electron chi connectivity index (χ3n) is 10.1. The molecule has 18 nitrogen and oxygen atoms in total. The molecule has 2 aromatic rings. The van der Waals surface area contributed by atoms with Gasteiger partial charge in [0.1, 0.15) is 30.2 Å². The van der Waals surface area contributed by atoms with Gasteiger partial charge in [-0.05, 0) is 75.1 Å². The lowest BCUT2D eigenvalue weighted by Gasteiger charge is -2.33. The minimum atomic E-state index is -1.23. The maximum Gasteiger partial charge on any atom is 0.326 e. The van der Waals surface area contributed by atoms with E-state index in [2.05, 4.69) is 36.6 Å². The number of carbonyl (C=O) groups excluding carboxylic acids is 5. The second-order valence-electron chi connectivity index (χ2n) is 16.5. The van der Waals surface area contributed by atoms with Gasteiger partial charge in [-0.3, -0.25) is 29.0 Å². The lowest BCUT2D eigenvalue weighted by atomic mass is 9.85. The number of nitrogens with one attached hydrogen (secondary N) is 6. The average molecular weight is 824 g/mol. The van der Waals surface area contributed by atoms with Crippen molar-refractivity contribution in [2.24, 2.45) is 33.5 Å². The average Bonchev–Trinajstić information content (AvgIpc) is 3.83. The fraction of sp³-hybridized carbons (Fsp3) is 0.585. The van der Waals surface area contributed by atoms with Crippen molar-refractivity contribution in [3.8, 4) is 0 Å². The number of carbonyl (C=O) groups is 6. The quantitative estimate of drug-likeness (QED) is 0.0316. The number of carboxylic acids is 1. The van der Waals surface area contributed by atoms with Gasteiger partial charge in [0.15, 0.2) is 5.96 Å². The number of amides is 5. The molecule has 0 spiro atoms. The molecule has 1 aromatic heterocycles. The maximum absolute atomic E-state index is 14.3. The van der Waals surface area contributed by atoms with E-state index in [9.17, 15) is 33.9 Å². The van der Waals surface area contributed by atoms with Crippen LogP contribution in [0.1, 0.15) is 78.7 Å². The summed E-state index contributed by atoms with van der Waals surface area (Å²) in [6, 6.07) is 1.16. The van der Waals surface area contributed by atoms with E-state index in [4.69, 9.17) is 17.2 Å². The van der Waals surface area contributed by atoms with Gasteiger partial charge in [-0.15, -0.1) is 0 Å². The van der Waals surface area contributed by atoms with Crippen LogP contribution in [-0.4, -0.2) is 119 Å². The number of nitrogens with two attached hydrogens (primary N) is 3. The Hall–Kier alpha value is -5.49. The number of aromatic nitrogens is 1. The van der Waals surface area contributed by atoms with Crippen LogP contribution in [0.5, 0.6) is 0 Å². The molecule has 1 aromatic carbocycles. The Labute approximate surface area is 346 Å². The number of aliphatic carboxylic acids is 1. The van der Waals surface area contributed by atoms with Gasteiger partial charge in [0.25, 0.3) is 0 Å². The van der Waals surface area contributed by atoms with Crippen LogP contribution in [0, 0.1) is 11.3 Å². The van der Waals surface area contributed by atoms with Crippen molar-refractivity contribution in [1.29, 1.82) is 0 Å². The van der Waals surface area contributed by atoms with Gasteiger partial charge in [0.05, 0.1) is 6.04 Å². The number of unbranched alkanes of at least 4 members (excludes halogenated alkanes) is 1. The van der Waals surface area contributed by atoms with Crippen LogP contribution < -0.4 is 43.8 Å². The highest BCUT2D eigenvalue weighted by Crippen LogP contribution is 2.23. The van der Waals surface area contributed by atoms with Crippen LogP contribution in [0.25, 0.3) is 10.9 Å². The predicted octanol–water partition coefficient (Wildman–Crippen LogP) is 0.364. The second kappa shape index (κ2) is 22.6. The van der Waals surface area contributed by atoms with Gasteiger partial charge in [-0.2, -0.15) is 0 Å². The molecule has 13 N–H and O–H groups in total. The van der Waals surface area contributed by atoms with E-state index in [0.717, 1.165) is 16.5 Å². The molecule has 2 heterocycles. The number of para-hydroxylation sites is 1. The Morgan fingerprint density at radius 2 is 1.56 bits per heavy atom. The molecule has 0 aliphatic carbocycles. The van der Waals surface area contributed by atoms with E-state index in [-0.39, 0.29) is 37.7 Å². The Morgan fingerprint density at radius 3 is 2.19 bits per heavy atom. The molecule has 5 amide bonds. The number of carboxylic acid groups (broad SMARTS) is 1. The Balaban J connectivity index is 1.89. The minimum absolute atomic E-state index is 0.0158. The zero-order valence-electron chi connectivity index (χ0n) is 35.2. The molecule has 0 saturated carbocycles. The summed E-state index contributed by atoms with van der Waals surface area (Å²) in [5.74, 6) is -4.15. The van der Waals surface area contributed by atoms with Crippen LogP contribution in [0.2, 0.25) is 0 Å². The molecule has 0 unspecified atom stereocenters. The first-order chi connectivity index (χ1) is 27.9. The fourth-order valence-electron chi connectivity index (χ4n) is 6.96. The zero-order chi connectivity index (χ0) is 43.9. The van der Waals surface area contributed by atoms with Gasteiger partial charge in [0.2, 0.25) is 29.5 Å². The number of benzene rings is 1. The van der Waals surface area contributed by atoms with Crippen LogP contribution in [0.4, 0.5) is 0 Å². The van der Waals surface area contributed by atoms with Crippen molar-refractivity contribution >= 4 is 52.4 Å². The van der Waals surface area contributed by atoms with Gasteiger partial charge >= 0.3 is 5.97 Å². The Morgan fingerprint density at radius 1 is 0.898 bits per heavy atom. The lowest BCUT2D eigenvalue weighted by Crippen LogP contribution is -2.61. The standard InChI is InChI=1S/C41H65N11O7/c1-24(2)21-31(39(58)59)50-37(56)33(41(3,4)5)51-35(54)30(22-25-23-47-27-14-8-7-13-26(25)27)49-36(55)32-17-12-20-52(32)38(57)29(15-9-10-18-42)48-34(53)28(45-6)16-11-19-46-40(43)44/h7-8,12-14,17,23-24,28-33,45,47H,9-11,15-16,18-22,42H2,1-6H3,(H,48,53)(H,49,55)(H,50,56)(H,51,54)(H,58,59)(H4,43,44,46)/t28-,29-,30-,31-,32-,33+/m0/s1. The van der Waals surface area contributed by atoms with Crippen molar-refractivity contribution < 1.29 is 33.9 Å². The van der Waals surface area contributed by atoms with E-state index >= 15 is 0 Å². The number of aromatic amines is 1. The van der Waals surface area contributed by atoms with Crippen molar-refractivity contribution in [3.63, 3.8) is 0 Å². The third-order valence-corrected chi connectivity index (χ3v) is 10.1. The van der Waals surface area contributed by atoms with Crippen LogP contribution >= 0.6 is 0 Å². The van der Waals surface area contributed by atoms with E-state index in [1.54, 1.807) is 46.2 Å². The predicted molar refractivity (Wildman–Crippen MR) is 227 cm³/mol. The van der Waals surface area contributed by atoms with Crippen LogP contribution in [0.15, 0.2) is 47.6 Å². The van der Waals surface area contributed by atoms with Crippen molar-refractivity contribution in [3.05, 3.63) is 48.2 Å². The number of aliphatic imine (C=N–C) groups is 1. The second-order valence-corrected chi connectivity index (χ2v) is 16.5. The van der Waals surface area contributed by atoms with Gasteiger partial charge in [0, 0.05) is 36.6 Å². The topological polar surface area (TPSA) is 292 Å². The molecule has 6 atom stereocenters. The Kier molecular flexibility index (Phi) is 18.3. The maximum atomic E-state index is 14.3. The fourth-order valence-corrected chi connectivity index (χ4v) is 6.96. The number of rotatable bonds is 23. The molecule has 3 rings (SSSR count). The summed E-state index contributed by atoms with van der Waals surface area (Å²) in [6.45, 7) is 9.71. The summed E-state index contributed by atoms with van der Waals surface area (Å²) in [5, 5.41) is 24.7. The van der Waals surface area contributed by atoms with E-state index < -0.39 is 77.2 Å². The summed E-state index contributed by atoms with van der Waals surface area (Å²) >= 11 is 0. The van der Waals surface area contributed by atoms with Crippen molar-refractivity contribution in [1.82, 2.24) is 36.5 Å². The molecule has 59 heavy (non-hydrogen) atoms. The largest absolute Gasteiger partial charge is 0.480 e. The molecule has 0 fully saturated rings. The van der Waals surface area contributed by atoms with E-state index in [0.29, 0.717) is 38.8 Å². The summed E-state index contributed by atoms with van der Waals surface area (Å²) in [7, 11) is 1.64. The summed E-state index contributed by atoms with van der Waals surface area (Å²) in [4.78, 5) is 90.4. The first-order valence-corrected chi connectivity index (χ1v) is 20.3. The van der Waals surface area contributed by atoms with E-state index in [1.165, 1.54) is 4.90 Å². The number of H-pyrrole nitrogens is 1. The number of fused-ring (bicyclic) bond motifs is 1. The first-order valence-electron chi connectivity index (χ1n) is 20.3. The number of likely N-dealkylation sites (N-methyl/N-ethyl adjacent to an activating group) is 1. The van der Waals surface area contributed by atoms with Gasteiger partial charge in [-0.25, -0.2) is 4.79 Å². The molecular weight excluding hydrogens is 759 g/mol. The minimum Gasteiger partial charge on any atom is -0.480 e. The molecule has 1 aliphatic rings. The highest BCUT2D eigenvalue weighted by Gasteiger charge is 2.40. The normalized spacial score (nSPS) is 16.5. The SMILES string of the molecule is CN[C@@H](CCCN=C(N)N)C(=O)N[C@@H](CCCCN)C(=O)N1CC=C[C@H]1C(=O)N[C@@H](Cc1c[nH]c2ccccc12)C(=O)N[C@H](C(=O)N[C@@H](CC(C)C)C(=O)O)C(C)(C)C. The molecule has 326 valence electrons.